The van der Waals surface area contributed by atoms with E-state index in [4.69, 9.17) is 32.7 Å². The molecule has 0 N–H and O–H groups in total. The summed E-state index contributed by atoms with van der Waals surface area (Å²) in [5.41, 5.74) is 5.02. The van der Waals surface area contributed by atoms with Crippen LogP contribution in [0.15, 0.2) is 22.9 Å². The number of hydrogen-bond donors (Lipinski definition) is 0. The van der Waals surface area contributed by atoms with Gasteiger partial charge in [-0.05, 0) is 72.0 Å². The van der Waals surface area contributed by atoms with Crippen LogP contribution in [-0.2, 0) is 19.2 Å². The van der Waals surface area contributed by atoms with Crippen molar-refractivity contribution in [2.75, 3.05) is 34.6 Å². The molecule has 3 saturated carbocycles. The first-order chi connectivity index (χ1) is 23.0. The van der Waals surface area contributed by atoms with Gasteiger partial charge in [-0.15, -0.1) is 45.9 Å². The molecule has 3 fully saturated rings. The van der Waals surface area contributed by atoms with Gasteiger partial charge in [-0.2, -0.15) is 0 Å². The Kier molecular flexibility index (Phi) is 7.64. The maximum Gasteiger partial charge on any atom is 0.308 e. The summed E-state index contributed by atoms with van der Waals surface area (Å²) in [5, 5.41) is 6.09. The molecule has 1 unspecified atom stereocenters. The van der Waals surface area contributed by atoms with E-state index in [1.807, 2.05) is 46.5 Å². The number of halogens is 2. The van der Waals surface area contributed by atoms with Crippen molar-refractivity contribution in [1.82, 2.24) is 0 Å². The molecule has 0 saturated heterocycles. The molecule has 0 spiro atoms. The Labute approximate surface area is 295 Å². The zero-order valence-electron chi connectivity index (χ0n) is 27.0. The number of esters is 2. The van der Waals surface area contributed by atoms with Crippen molar-refractivity contribution in [2.24, 2.45) is 17.3 Å². The van der Waals surface area contributed by atoms with Crippen LogP contribution < -0.4 is 19.3 Å². The second kappa shape index (κ2) is 11.4. The molecule has 48 heavy (non-hydrogen) atoms. The van der Waals surface area contributed by atoms with Gasteiger partial charge in [0.2, 0.25) is 11.8 Å². The minimum atomic E-state index is -0.644. The number of aryl methyl sites for hydroxylation is 2. The summed E-state index contributed by atoms with van der Waals surface area (Å²) >= 11 is 16.1. The molecule has 9 rings (SSSR count). The third kappa shape index (κ3) is 4.58. The van der Waals surface area contributed by atoms with E-state index in [0.29, 0.717) is 55.6 Å². The Balaban J connectivity index is 1.12. The van der Waals surface area contributed by atoms with Crippen LogP contribution in [0, 0.1) is 31.1 Å². The molecule has 0 radical (unpaired) electrons. The molecule has 3 aliphatic carbocycles. The van der Waals surface area contributed by atoms with Crippen LogP contribution in [0.4, 0.5) is 11.4 Å². The number of fused-ring (bicyclic) bond motifs is 7. The minimum absolute atomic E-state index is 0.00439. The summed E-state index contributed by atoms with van der Waals surface area (Å²) in [7, 11) is 0. The van der Waals surface area contributed by atoms with Crippen LogP contribution in [0.2, 0.25) is 0 Å². The summed E-state index contributed by atoms with van der Waals surface area (Å²) in [6.07, 6.45) is 1.77. The Morgan fingerprint density at radius 1 is 0.792 bits per heavy atom. The van der Waals surface area contributed by atoms with Crippen molar-refractivity contribution in [1.29, 1.82) is 0 Å². The van der Waals surface area contributed by atoms with Gasteiger partial charge >= 0.3 is 11.9 Å². The summed E-state index contributed by atoms with van der Waals surface area (Å²) in [6, 6.07) is 3.65. The number of nitrogens with zero attached hydrogens (tertiary/aromatic N) is 2. The quantitative estimate of drug-likeness (QED) is 0.114. The number of hydrogen-bond acceptors (Lipinski definition) is 8. The number of benzene rings is 2. The number of anilines is 2. The first-order valence-corrected chi connectivity index (χ1v) is 19.0. The molecule has 3 atom stereocenters. The third-order valence-corrected chi connectivity index (χ3v) is 13.8. The van der Waals surface area contributed by atoms with E-state index < -0.39 is 17.4 Å². The Bertz CT molecular complexity index is 2080. The van der Waals surface area contributed by atoms with Gasteiger partial charge in [0.25, 0.3) is 0 Å². The van der Waals surface area contributed by atoms with Crippen molar-refractivity contribution in [3.05, 3.63) is 45.1 Å². The lowest BCUT2D eigenvalue weighted by atomic mass is 9.68. The van der Waals surface area contributed by atoms with Gasteiger partial charge in [-0.1, -0.05) is 0 Å². The molecule has 2 amide bonds. The second-order valence-corrected chi connectivity index (χ2v) is 16.3. The van der Waals surface area contributed by atoms with E-state index in [9.17, 15) is 19.2 Å². The van der Waals surface area contributed by atoms with Gasteiger partial charge in [0, 0.05) is 79.4 Å². The van der Waals surface area contributed by atoms with Gasteiger partial charge in [-0.3, -0.25) is 19.2 Å². The SMILES string of the molecule is CC(=O)Oc1cc2c(c3c(C)csc13)[C@H](CCl)CN2C(=O)C1CC2(C(=O)N3C[C@@H](CCl)c4c3cc(OC(C)=O)c3scc(C)c43)CC1C2. The van der Waals surface area contributed by atoms with Crippen molar-refractivity contribution in [3.63, 3.8) is 0 Å². The smallest absolute Gasteiger partial charge is 0.308 e. The largest absolute Gasteiger partial charge is 0.425 e. The zero-order valence-corrected chi connectivity index (χ0v) is 30.1. The van der Waals surface area contributed by atoms with E-state index >= 15 is 0 Å². The first kappa shape index (κ1) is 32.0. The third-order valence-electron chi connectivity index (χ3n) is 10.9. The molecule has 4 heterocycles. The van der Waals surface area contributed by atoms with Gasteiger partial charge in [0.1, 0.15) is 0 Å². The fraction of sp³-hybridized carbons (Fsp3) is 0.444. The first-order valence-electron chi connectivity index (χ1n) is 16.2. The van der Waals surface area contributed by atoms with Crippen LogP contribution in [0.3, 0.4) is 0 Å². The highest BCUT2D eigenvalue weighted by atomic mass is 35.5. The Morgan fingerprint density at radius 3 is 1.75 bits per heavy atom. The molecule has 2 aromatic carbocycles. The molecule has 2 aromatic heterocycles. The molecule has 5 aliphatic rings. The molecule has 2 aliphatic heterocycles. The maximum atomic E-state index is 14.6. The van der Waals surface area contributed by atoms with E-state index in [2.05, 4.69) is 0 Å². The number of rotatable bonds is 6. The fourth-order valence-electron chi connectivity index (χ4n) is 8.94. The van der Waals surface area contributed by atoms with Crippen molar-refractivity contribution < 1.29 is 28.7 Å². The van der Waals surface area contributed by atoms with Gasteiger partial charge < -0.3 is 19.3 Å². The van der Waals surface area contributed by atoms with Crippen LogP contribution >= 0.6 is 45.9 Å². The molecule has 8 nitrogen and oxygen atoms in total. The number of ether oxygens (including phenoxy) is 2. The average molecular weight is 726 g/mol. The molecule has 12 heteroatoms. The van der Waals surface area contributed by atoms with E-state index in [1.54, 1.807) is 0 Å². The number of carbonyl (C=O) groups is 4. The lowest BCUT2D eigenvalue weighted by Gasteiger charge is -2.40. The maximum absolute atomic E-state index is 14.6. The molecule has 250 valence electrons. The normalized spacial score (nSPS) is 25.4. The molecular formula is C36H34Cl2N2O6S2. The van der Waals surface area contributed by atoms with Crippen molar-refractivity contribution in [2.45, 2.75) is 58.8 Å². The number of carbonyl (C=O) groups excluding carboxylic acids is 4. The number of amides is 2. The highest BCUT2D eigenvalue weighted by Crippen LogP contribution is 2.64. The predicted molar refractivity (Wildman–Crippen MR) is 191 cm³/mol. The topological polar surface area (TPSA) is 93.2 Å². The molecular weight excluding hydrogens is 691 g/mol. The van der Waals surface area contributed by atoms with Gasteiger partial charge in [-0.25, -0.2) is 0 Å². The number of alkyl halides is 2. The molecule has 4 aromatic rings. The van der Waals surface area contributed by atoms with Gasteiger partial charge in [0.15, 0.2) is 11.5 Å². The summed E-state index contributed by atoms with van der Waals surface area (Å²) in [4.78, 5) is 56.8. The second-order valence-electron chi connectivity index (χ2n) is 13.9. The average Bonchev–Trinajstić information content (AvgIpc) is 3.86. The Hall–Kier alpha value is -3.18. The van der Waals surface area contributed by atoms with E-state index in [0.717, 1.165) is 53.8 Å². The predicted octanol–water partition coefficient (Wildman–Crippen LogP) is 8.04. The highest BCUT2D eigenvalue weighted by Gasteiger charge is 2.64. The van der Waals surface area contributed by atoms with Crippen LogP contribution in [0.5, 0.6) is 11.5 Å². The van der Waals surface area contributed by atoms with Crippen molar-refractivity contribution >= 4 is 101 Å². The van der Waals surface area contributed by atoms with Crippen LogP contribution in [0.25, 0.3) is 20.2 Å². The van der Waals surface area contributed by atoms with E-state index in [-0.39, 0.29) is 35.5 Å². The van der Waals surface area contributed by atoms with Crippen LogP contribution in [0.1, 0.15) is 67.2 Å². The number of thiophene rings is 2. The fourth-order valence-corrected chi connectivity index (χ4v) is 11.5. The highest BCUT2D eigenvalue weighted by molar-refractivity contribution is 7.18. The summed E-state index contributed by atoms with van der Waals surface area (Å²) < 4.78 is 13.1. The summed E-state index contributed by atoms with van der Waals surface area (Å²) in [5.74, 6) is 0.462. The van der Waals surface area contributed by atoms with Gasteiger partial charge in [0.05, 0.1) is 26.2 Å². The zero-order chi connectivity index (χ0) is 33.8. The molecule has 2 bridgehead atoms. The summed E-state index contributed by atoms with van der Waals surface area (Å²) in [6.45, 7) is 7.70. The monoisotopic (exact) mass is 724 g/mol. The standard InChI is InChI=1S/C36H34Cl2N2O6S2/c1-16-14-47-32-26(45-18(3)41)5-24-30(28(16)32)21(10-37)12-39(24)34(43)23-9-36(7-20(23)8-36)35(44)40-13-22(11-38)31-25(40)6-27(46-19(4)42)33-29(31)17(2)15-48-33/h5-6,14-15,20-23H,7-13H2,1-4H3/t20?,21-,22-,23?,36?/m1/s1. The van der Waals surface area contributed by atoms with Crippen LogP contribution in [-0.4, -0.2) is 48.6 Å². The van der Waals surface area contributed by atoms with Crippen molar-refractivity contribution in [3.8, 4) is 11.5 Å². The minimum Gasteiger partial charge on any atom is -0.425 e. The lowest BCUT2D eigenvalue weighted by Crippen LogP contribution is -2.46. The Morgan fingerprint density at radius 2 is 1.27 bits per heavy atom. The van der Waals surface area contributed by atoms with E-state index in [1.165, 1.54) is 36.5 Å². The lowest BCUT2D eigenvalue weighted by molar-refractivity contribution is -0.132.